The molecule has 2 rings (SSSR count). The number of hydrogen-bond donors (Lipinski definition) is 2. The summed E-state index contributed by atoms with van der Waals surface area (Å²) in [5, 5.41) is 20.7. The average Bonchev–Trinajstić information content (AvgIpc) is 2.39. The maximum Gasteiger partial charge on any atom is 0.201 e. The second-order valence-electron chi connectivity index (χ2n) is 4.63. The van der Waals surface area contributed by atoms with Crippen LogP contribution in [-0.4, -0.2) is 14.0 Å². The summed E-state index contributed by atoms with van der Waals surface area (Å²) in [5.74, 6) is -1.51. The van der Waals surface area contributed by atoms with E-state index in [1.165, 1.54) is 12.1 Å². The molecule has 0 unspecified atom stereocenters. The fourth-order valence-electron chi connectivity index (χ4n) is 2.13. The molecular weight excluding hydrogens is 537 g/mol. The van der Waals surface area contributed by atoms with Crippen LogP contribution in [0.2, 0.25) is 10.0 Å². The maximum absolute atomic E-state index is 10.3. The molecule has 0 saturated carbocycles. The number of hydrogen-bond acceptors (Lipinski definition) is 2. The number of phenols is 2. The first-order valence-corrected chi connectivity index (χ1v) is 9.42. The fraction of sp³-hybridized carbons (Fsp3) is 0.143. The van der Waals surface area contributed by atoms with E-state index in [9.17, 15) is 10.2 Å². The second-order valence-corrected chi connectivity index (χ2v) is 9.64. The topological polar surface area (TPSA) is 40.5 Å². The lowest BCUT2D eigenvalue weighted by molar-refractivity contribution is 0.454. The first kappa shape index (κ1) is 19.8. The molecule has 0 bridgehead atoms. The third kappa shape index (κ3) is 4.35. The molecule has 0 aliphatic carbocycles. The van der Waals surface area contributed by atoms with Gasteiger partial charge in [-0.3, -0.25) is 0 Å². The van der Waals surface area contributed by atoms with E-state index in [1.807, 2.05) is 0 Å². The quantitative estimate of drug-likeness (QED) is 0.386. The van der Waals surface area contributed by atoms with Gasteiger partial charge in [-0.15, -0.1) is 0 Å². The molecule has 0 spiro atoms. The van der Waals surface area contributed by atoms with Crippen molar-refractivity contribution in [1.29, 1.82) is 0 Å². The monoisotopic (exact) mass is 540 g/mol. The van der Waals surface area contributed by atoms with Crippen LogP contribution in [0.5, 0.6) is 11.5 Å². The zero-order valence-electron chi connectivity index (χ0n) is 10.9. The Morgan fingerprint density at radius 3 is 1.43 bits per heavy atom. The zero-order chi connectivity index (χ0) is 17.5. The minimum atomic E-state index is -1.89. The minimum absolute atomic E-state index is 0.0780. The van der Waals surface area contributed by atoms with Crippen molar-refractivity contribution in [2.75, 3.05) is 0 Å². The highest BCUT2D eigenvalue weighted by atomic mass is 79.9. The summed E-state index contributed by atoms with van der Waals surface area (Å²) in [7, 11) is 0. The van der Waals surface area contributed by atoms with Gasteiger partial charge in [-0.2, -0.15) is 0 Å². The first-order valence-electron chi connectivity index (χ1n) is 5.95. The Labute approximate surface area is 174 Å². The lowest BCUT2D eigenvalue weighted by Gasteiger charge is -2.27. The molecule has 0 aliphatic heterocycles. The molecule has 0 amide bonds. The van der Waals surface area contributed by atoms with Crippen molar-refractivity contribution in [3.8, 4) is 11.5 Å². The molecule has 0 fully saturated rings. The summed E-state index contributed by atoms with van der Waals surface area (Å²) >= 11 is 36.9. The third-order valence-corrected chi connectivity index (χ3v) is 5.21. The van der Waals surface area contributed by atoms with Crippen molar-refractivity contribution in [2.45, 2.75) is 9.71 Å². The number of phenolic OH excluding ortho intramolecular Hbond substituents is 2. The molecule has 0 saturated heterocycles. The summed E-state index contributed by atoms with van der Waals surface area (Å²) in [4.78, 5) is 0. The van der Waals surface area contributed by atoms with E-state index in [-0.39, 0.29) is 32.7 Å². The molecule has 0 aliphatic rings. The predicted octanol–water partition coefficient (Wildman–Crippen LogP) is 7.43. The largest absolute Gasteiger partial charge is 0.506 e. The van der Waals surface area contributed by atoms with E-state index >= 15 is 0 Å². The highest BCUT2D eigenvalue weighted by Gasteiger charge is 2.39. The lowest BCUT2D eigenvalue weighted by atomic mass is 9.91. The SMILES string of the molecule is Oc1c(Cl)cc(Br)cc1C(c1cc(Br)cc(Cl)c1O)C(Cl)(Cl)Cl. The summed E-state index contributed by atoms with van der Waals surface area (Å²) in [6.07, 6.45) is 0. The van der Waals surface area contributed by atoms with Gasteiger partial charge in [0.05, 0.1) is 16.0 Å². The van der Waals surface area contributed by atoms with E-state index in [0.717, 1.165) is 0 Å². The minimum Gasteiger partial charge on any atom is -0.506 e. The number of aromatic hydroxyl groups is 2. The van der Waals surface area contributed by atoms with Crippen LogP contribution in [0.4, 0.5) is 0 Å². The van der Waals surface area contributed by atoms with E-state index in [2.05, 4.69) is 31.9 Å². The van der Waals surface area contributed by atoms with Crippen LogP contribution in [0.3, 0.4) is 0 Å². The van der Waals surface area contributed by atoms with Gasteiger partial charge in [0.15, 0.2) is 0 Å². The van der Waals surface area contributed by atoms with Crippen molar-refractivity contribution in [2.24, 2.45) is 0 Å². The molecule has 2 N–H and O–H groups in total. The van der Waals surface area contributed by atoms with Crippen LogP contribution in [0.1, 0.15) is 17.0 Å². The summed E-state index contributed by atoms with van der Waals surface area (Å²) in [5.41, 5.74) is 0.461. The van der Waals surface area contributed by atoms with Crippen LogP contribution in [-0.2, 0) is 0 Å². The summed E-state index contributed by atoms with van der Waals surface area (Å²) < 4.78 is -0.728. The Morgan fingerprint density at radius 2 is 1.13 bits per heavy atom. The van der Waals surface area contributed by atoms with Crippen LogP contribution >= 0.6 is 89.9 Å². The van der Waals surface area contributed by atoms with Gasteiger partial charge in [0.2, 0.25) is 3.79 Å². The van der Waals surface area contributed by atoms with Gasteiger partial charge in [-0.05, 0) is 24.3 Å². The molecule has 0 atom stereocenters. The molecule has 2 nitrogen and oxygen atoms in total. The standard InChI is InChI=1S/C14H7Br2Cl5O2/c15-5-1-7(12(22)9(17)3-5)11(14(19,20)21)8-2-6(16)4-10(18)13(8)23/h1-4,11,22-23H. The molecule has 23 heavy (non-hydrogen) atoms. The van der Waals surface area contributed by atoms with Gasteiger partial charge in [-0.1, -0.05) is 89.9 Å². The average molecular weight is 544 g/mol. The second kappa shape index (κ2) is 7.36. The van der Waals surface area contributed by atoms with Gasteiger partial charge in [-0.25, -0.2) is 0 Å². The van der Waals surface area contributed by atoms with Gasteiger partial charge >= 0.3 is 0 Å². The van der Waals surface area contributed by atoms with Crippen molar-refractivity contribution in [3.05, 3.63) is 54.4 Å². The van der Waals surface area contributed by atoms with Crippen LogP contribution in [0.25, 0.3) is 0 Å². The molecule has 0 aromatic heterocycles. The molecule has 2 aromatic carbocycles. The molecule has 0 radical (unpaired) electrons. The van der Waals surface area contributed by atoms with Gasteiger partial charge < -0.3 is 10.2 Å². The van der Waals surface area contributed by atoms with Gasteiger partial charge in [0.25, 0.3) is 0 Å². The van der Waals surface area contributed by atoms with Crippen molar-refractivity contribution >= 4 is 89.9 Å². The number of halogens is 7. The first-order chi connectivity index (χ1) is 10.5. The number of rotatable bonds is 2. The summed E-state index contributed by atoms with van der Waals surface area (Å²) in [6, 6.07) is 6.12. The van der Waals surface area contributed by atoms with E-state index in [4.69, 9.17) is 58.0 Å². The van der Waals surface area contributed by atoms with Gasteiger partial charge in [0.1, 0.15) is 11.5 Å². The number of benzene rings is 2. The van der Waals surface area contributed by atoms with E-state index < -0.39 is 9.71 Å². The highest BCUT2D eigenvalue weighted by Crippen LogP contribution is 2.53. The molecule has 0 heterocycles. The Hall–Kier alpha value is 0.450. The normalized spacial score (nSPS) is 12.0. The molecular formula is C14H7Br2Cl5O2. The Bertz CT molecular complexity index is 704. The third-order valence-electron chi connectivity index (χ3n) is 3.06. The zero-order valence-corrected chi connectivity index (χ0v) is 17.9. The van der Waals surface area contributed by atoms with Gasteiger partial charge in [0, 0.05) is 20.1 Å². The highest BCUT2D eigenvalue weighted by molar-refractivity contribution is 9.10. The fourth-order valence-corrected chi connectivity index (χ4v) is 4.51. The van der Waals surface area contributed by atoms with Crippen molar-refractivity contribution in [3.63, 3.8) is 0 Å². The maximum atomic E-state index is 10.3. The van der Waals surface area contributed by atoms with Crippen molar-refractivity contribution in [1.82, 2.24) is 0 Å². The van der Waals surface area contributed by atoms with E-state index in [0.29, 0.717) is 8.95 Å². The summed E-state index contributed by atoms with van der Waals surface area (Å²) in [6.45, 7) is 0. The molecule has 2 aromatic rings. The molecule has 9 heteroatoms. The van der Waals surface area contributed by atoms with Crippen LogP contribution in [0.15, 0.2) is 33.2 Å². The number of alkyl halides is 3. The molecule has 124 valence electrons. The van der Waals surface area contributed by atoms with Crippen molar-refractivity contribution < 1.29 is 10.2 Å². The smallest absolute Gasteiger partial charge is 0.201 e. The predicted molar refractivity (Wildman–Crippen MR) is 104 cm³/mol. The Balaban J connectivity index is 2.80. The Kier molecular flexibility index (Phi) is 6.33. The van der Waals surface area contributed by atoms with Crippen LogP contribution < -0.4 is 0 Å². The Morgan fingerprint density at radius 1 is 0.783 bits per heavy atom. The van der Waals surface area contributed by atoms with Crippen LogP contribution in [0, 0.1) is 0 Å². The lowest BCUT2D eigenvalue weighted by Crippen LogP contribution is -2.19. The van der Waals surface area contributed by atoms with E-state index in [1.54, 1.807) is 12.1 Å².